The standard InChI is InChI=1S/C34H53NO8/c1-32-17-15-24(36)20-23(32)13-14-25-26-16-18-34(41,33(26,2)21-27(37)30(25)32)28(38)22-43-31(40)35-19-11-9-7-5-4-6-8-10-12-29(39)42-3/h20,25-27,30,37,41H,4-19,21-22H2,1-3H3,(H,35,40)/t25?,26?,27?,30?,32?,33?,34-/m0/s1. The number of fused-ring (bicyclic) bond motifs is 5. The minimum atomic E-state index is -1.65. The Kier molecular flexibility index (Phi) is 11.1. The predicted molar refractivity (Wildman–Crippen MR) is 161 cm³/mol. The Labute approximate surface area is 256 Å². The number of ketones is 2. The molecule has 7 atom stereocenters. The average Bonchev–Trinajstić information content (AvgIpc) is 3.25. The molecule has 0 saturated heterocycles. The van der Waals surface area contributed by atoms with Crippen LogP contribution in [0.15, 0.2) is 11.6 Å². The van der Waals surface area contributed by atoms with Crippen molar-refractivity contribution in [3.63, 3.8) is 0 Å². The van der Waals surface area contributed by atoms with Crippen LogP contribution in [0, 0.1) is 28.6 Å². The van der Waals surface area contributed by atoms with E-state index in [0.29, 0.717) is 38.6 Å². The van der Waals surface area contributed by atoms with Gasteiger partial charge in [-0.2, -0.15) is 0 Å². The van der Waals surface area contributed by atoms with Crippen LogP contribution in [0.5, 0.6) is 0 Å². The molecular weight excluding hydrogens is 550 g/mol. The third-order valence-corrected chi connectivity index (χ3v) is 11.6. The second kappa shape index (κ2) is 14.2. The molecule has 9 nitrogen and oxygen atoms in total. The number of methoxy groups -OCH3 is 1. The van der Waals surface area contributed by atoms with E-state index in [9.17, 15) is 29.4 Å². The number of hydrogen-bond donors (Lipinski definition) is 3. The Morgan fingerprint density at radius 1 is 0.977 bits per heavy atom. The molecule has 0 aromatic heterocycles. The van der Waals surface area contributed by atoms with Crippen LogP contribution in [0.2, 0.25) is 0 Å². The van der Waals surface area contributed by atoms with E-state index in [4.69, 9.17) is 4.74 Å². The fourth-order valence-corrected chi connectivity index (χ4v) is 9.20. The van der Waals surface area contributed by atoms with Gasteiger partial charge in [0.15, 0.2) is 12.4 Å². The number of aliphatic hydroxyl groups is 2. The summed E-state index contributed by atoms with van der Waals surface area (Å²) >= 11 is 0. The molecular formula is C34H53NO8. The summed E-state index contributed by atoms with van der Waals surface area (Å²) in [5.41, 5.74) is -1.52. The number of aliphatic hydroxyl groups excluding tert-OH is 1. The fraction of sp³-hybridized carbons (Fsp3) is 0.824. The van der Waals surface area contributed by atoms with Crippen molar-refractivity contribution < 1.29 is 38.9 Å². The lowest BCUT2D eigenvalue weighted by molar-refractivity contribution is -0.182. The quantitative estimate of drug-likeness (QED) is 0.182. The van der Waals surface area contributed by atoms with Gasteiger partial charge in [0.25, 0.3) is 0 Å². The van der Waals surface area contributed by atoms with Gasteiger partial charge in [-0.15, -0.1) is 0 Å². The van der Waals surface area contributed by atoms with Crippen molar-refractivity contribution in [3.8, 4) is 0 Å². The number of hydrogen-bond acceptors (Lipinski definition) is 8. The van der Waals surface area contributed by atoms with Gasteiger partial charge in [0.2, 0.25) is 5.78 Å². The molecule has 3 fully saturated rings. The maximum atomic E-state index is 13.4. The Morgan fingerprint density at radius 2 is 1.65 bits per heavy atom. The second-order valence-electron chi connectivity index (χ2n) is 14.1. The number of ether oxygens (including phenoxy) is 2. The molecule has 0 heterocycles. The molecule has 4 rings (SSSR count). The predicted octanol–water partition coefficient (Wildman–Crippen LogP) is 5.20. The van der Waals surface area contributed by atoms with Gasteiger partial charge >= 0.3 is 12.1 Å². The maximum Gasteiger partial charge on any atom is 0.407 e. The number of allylic oxidation sites excluding steroid dienone is 1. The van der Waals surface area contributed by atoms with E-state index in [1.807, 2.05) is 6.92 Å². The molecule has 0 aliphatic heterocycles. The van der Waals surface area contributed by atoms with Gasteiger partial charge in [-0.05, 0) is 80.6 Å². The highest BCUT2D eigenvalue weighted by Crippen LogP contribution is 2.67. The molecule has 43 heavy (non-hydrogen) atoms. The van der Waals surface area contributed by atoms with Crippen molar-refractivity contribution in [1.29, 1.82) is 0 Å². The summed E-state index contributed by atoms with van der Waals surface area (Å²) < 4.78 is 9.89. The number of esters is 1. The number of carbonyl (C=O) groups is 4. The normalized spacial score (nSPS) is 34.8. The zero-order valence-corrected chi connectivity index (χ0v) is 26.5. The zero-order chi connectivity index (χ0) is 31.3. The first kappa shape index (κ1) is 33.6. The van der Waals surface area contributed by atoms with Crippen molar-refractivity contribution >= 4 is 23.6 Å². The molecule has 0 bridgehead atoms. The van der Waals surface area contributed by atoms with Crippen molar-refractivity contribution in [3.05, 3.63) is 11.6 Å². The van der Waals surface area contributed by atoms with Crippen LogP contribution < -0.4 is 5.32 Å². The van der Waals surface area contributed by atoms with Gasteiger partial charge < -0.3 is 25.0 Å². The van der Waals surface area contributed by atoms with Crippen LogP contribution >= 0.6 is 0 Å². The number of rotatable bonds is 14. The first-order valence-corrected chi connectivity index (χ1v) is 16.6. The maximum absolute atomic E-state index is 13.4. The average molecular weight is 604 g/mol. The molecule has 1 amide bonds. The van der Waals surface area contributed by atoms with E-state index in [0.717, 1.165) is 76.2 Å². The summed E-state index contributed by atoms with van der Waals surface area (Å²) in [5, 5.41) is 26.1. The van der Waals surface area contributed by atoms with Crippen molar-refractivity contribution in [1.82, 2.24) is 5.32 Å². The lowest BCUT2D eigenvalue weighted by Gasteiger charge is -2.60. The Hall–Kier alpha value is -2.26. The van der Waals surface area contributed by atoms with E-state index >= 15 is 0 Å². The number of carbonyl (C=O) groups excluding carboxylic acids is 4. The fourth-order valence-electron chi connectivity index (χ4n) is 9.20. The lowest BCUT2D eigenvalue weighted by Crippen LogP contribution is -2.62. The van der Waals surface area contributed by atoms with Crippen LogP contribution in [-0.4, -0.2) is 65.8 Å². The van der Waals surface area contributed by atoms with Gasteiger partial charge in [-0.25, -0.2) is 4.79 Å². The Morgan fingerprint density at radius 3 is 2.35 bits per heavy atom. The third-order valence-electron chi connectivity index (χ3n) is 11.6. The van der Waals surface area contributed by atoms with Gasteiger partial charge in [0.1, 0.15) is 5.60 Å². The van der Waals surface area contributed by atoms with E-state index in [2.05, 4.69) is 17.0 Å². The number of amides is 1. The summed E-state index contributed by atoms with van der Waals surface area (Å²) in [6.07, 6.45) is 13.3. The largest absolute Gasteiger partial charge is 0.469 e. The topological polar surface area (TPSA) is 139 Å². The highest BCUT2D eigenvalue weighted by Gasteiger charge is 2.68. The molecule has 6 unspecified atom stereocenters. The smallest absolute Gasteiger partial charge is 0.407 e. The van der Waals surface area contributed by atoms with Crippen LogP contribution in [0.1, 0.15) is 117 Å². The number of nitrogens with one attached hydrogen (secondary N) is 1. The Bertz CT molecular complexity index is 1070. The molecule has 0 aromatic rings. The minimum absolute atomic E-state index is 0.0104. The summed E-state index contributed by atoms with van der Waals surface area (Å²) in [5.74, 6) is -0.212. The lowest BCUT2D eigenvalue weighted by atomic mass is 9.45. The van der Waals surface area contributed by atoms with Crippen LogP contribution in [0.4, 0.5) is 4.79 Å². The van der Waals surface area contributed by atoms with Gasteiger partial charge in [0, 0.05) is 24.8 Å². The van der Waals surface area contributed by atoms with Gasteiger partial charge in [-0.1, -0.05) is 57.9 Å². The van der Waals surface area contributed by atoms with E-state index < -0.39 is 35.6 Å². The van der Waals surface area contributed by atoms with Crippen LogP contribution in [-0.2, 0) is 23.9 Å². The third kappa shape index (κ3) is 7.03. The highest BCUT2D eigenvalue weighted by atomic mass is 16.6. The summed E-state index contributed by atoms with van der Waals surface area (Å²) in [6.45, 7) is 4.09. The number of unbranched alkanes of at least 4 members (excludes halogenated alkanes) is 7. The summed E-state index contributed by atoms with van der Waals surface area (Å²) in [4.78, 5) is 48.9. The zero-order valence-electron chi connectivity index (χ0n) is 26.5. The molecule has 4 aliphatic rings. The molecule has 4 aliphatic carbocycles. The molecule has 242 valence electrons. The van der Waals surface area contributed by atoms with Crippen molar-refractivity contribution in [2.45, 2.75) is 128 Å². The van der Waals surface area contributed by atoms with Crippen LogP contribution in [0.25, 0.3) is 0 Å². The molecule has 3 saturated carbocycles. The summed E-state index contributed by atoms with van der Waals surface area (Å²) in [6, 6.07) is 0. The second-order valence-corrected chi connectivity index (χ2v) is 14.1. The van der Waals surface area contributed by atoms with Crippen LogP contribution in [0.3, 0.4) is 0 Å². The van der Waals surface area contributed by atoms with E-state index in [1.54, 1.807) is 6.08 Å². The first-order chi connectivity index (χ1) is 20.5. The monoisotopic (exact) mass is 603 g/mol. The van der Waals surface area contributed by atoms with Crippen molar-refractivity contribution in [2.24, 2.45) is 28.6 Å². The number of Topliss-reactive ketones (excluding diaryl/α,β-unsaturated/α-hetero) is 1. The first-order valence-electron chi connectivity index (χ1n) is 16.6. The molecule has 0 spiro atoms. The number of alkyl carbamates (subject to hydrolysis) is 1. The SMILES string of the molecule is COC(=O)CCCCCCCCCCNC(=O)OCC(=O)[C@@]1(O)CCC2C3CCC4=CC(=O)CCC4(C)C3C(O)CC21C. The highest BCUT2D eigenvalue weighted by molar-refractivity contribution is 5.92. The molecule has 0 radical (unpaired) electrons. The van der Waals surface area contributed by atoms with Gasteiger partial charge in [0.05, 0.1) is 13.2 Å². The summed E-state index contributed by atoms with van der Waals surface area (Å²) in [7, 11) is 1.41. The molecule has 3 N–H and O–H groups in total. The minimum Gasteiger partial charge on any atom is -0.469 e. The molecule has 0 aromatic carbocycles. The van der Waals surface area contributed by atoms with Gasteiger partial charge in [-0.3, -0.25) is 14.4 Å². The van der Waals surface area contributed by atoms with Crippen molar-refractivity contribution in [2.75, 3.05) is 20.3 Å². The van der Waals surface area contributed by atoms with E-state index in [-0.39, 0.29) is 34.9 Å². The Balaban J connectivity index is 1.18. The molecule has 9 heteroatoms. The van der Waals surface area contributed by atoms with E-state index in [1.165, 1.54) is 7.11 Å².